The number of nitrogens with one attached hydrogen (secondary N) is 1. The molecule has 0 amide bonds. The van der Waals surface area contributed by atoms with Crippen LogP contribution in [0.15, 0.2) is 17.0 Å². The van der Waals surface area contributed by atoms with Crippen LogP contribution in [-0.2, 0) is 0 Å². The van der Waals surface area contributed by atoms with Crippen molar-refractivity contribution in [3.8, 4) is 0 Å². The highest BCUT2D eigenvalue weighted by Crippen LogP contribution is 2.33. The summed E-state index contributed by atoms with van der Waals surface area (Å²) in [6.45, 7) is 2.23. The van der Waals surface area contributed by atoms with Crippen molar-refractivity contribution in [2.45, 2.75) is 19.4 Å². The zero-order chi connectivity index (χ0) is 8.55. The Labute approximate surface area is 79.7 Å². The van der Waals surface area contributed by atoms with Crippen molar-refractivity contribution in [1.82, 2.24) is 9.97 Å². The molecular formula is C8H10BrN3. The van der Waals surface area contributed by atoms with Gasteiger partial charge in [0.15, 0.2) is 0 Å². The van der Waals surface area contributed by atoms with Gasteiger partial charge in [-0.3, -0.25) is 0 Å². The molecule has 0 saturated heterocycles. The molecule has 2 unspecified atom stereocenters. The number of hydrogen-bond donors (Lipinski definition) is 1. The molecule has 3 nitrogen and oxygen atoms in total. The van der Waals surface area contributed by atoms with Gasteiger partial charge >= 0.3 is 0 Å². The first kappa shape index (κ1) is 7.98. The van der Waals surface area contributed by atoms with Crippen LogP contribution in [0.4, 0.5) is 5.82 Å². The topological polar surface area (TPSA) is 37.8 Å². The van der Waals surface area contributed by atoms with Gasteiger partial charge in [0.1, 0.15) is 12.1 Å². The molecule has 0 aliphatic heterocycles. The smallest absolute Gasteiger partial charge is 0.143 e. The standard InChI is InChI=1S/C8H10BrN3/c1-5-2-7(5)12-8-6(9)3-10-4-11-8/h3-5,7H,2H2,1H3,(H,10,11,12). The first-order valence-electron chi connectivity index (χ1n) is 3.99. The van der Waals surface area contributed by atoms with Crippen LogP contribution in [-0.4, -0.2) is 16.0 Å². The Hall–Kier alpha value is -0.640. The van der Waals surface area contributed by atoms with E-state index >= 15 is 0 Å². The lowest BCUT2D eigenvalue weighted by molar-refractivity contribution is 0.920. The van der Waals surface area contributed by atoms with Crippen LogP contribution in [0.25, 0.3) is 0 Å². The Bertz CT molecular complexity index is 289. The lowest BCUT2D eigenvalue weighted by atomic mass is 10.4. The maximum atomic E-state index is 4.12. The number of hydrogen-bond acceptors (Lipinski definition) is 3. The summed E-state index contributed by atoms with van der Waals surface area (Å²) in [6, 6.07) is 0.608. The second-order valence-corrected chi connectivity index (χ2v) is 4.04. The van der Waals surface area contributed by atoms with E-state index in [1.54, 1.807) is 12.5 Å². The number of nitrogens with zero attached hydrogens (tertiary/aromatic N) is 2. The molecule has 2 rings (SSSR count). The summed E-state index contributed by atoms with van der Waals surface area (Å²) in [6.07, 6.45) is 4.55. The second kappa shape index (κ2) is 3.01. The summed E-state index contributed by atoms with van der Waals surface area (Å²) >= 11 is 3.38. The molecule has 0 radical (unpaired) electrons. The van der Waals surface area contributed by atoms with Gasteiger partial charge in [0, 0.05) is 12.2 Å². The Kier molecular flexibility index (Phi) is 2.00. The normalized spacial score (nSPS) is 26.8. The fraction of sp³-hybridized carbons (Fsp3) is 0.500. The first-order valence-corrected chi connectivity index (χ1v) is 4.78. The van der Waals surface area contributed by atoms with Gasteiger partial charge in [0.2, 0.25) is 0 Å². The zero-order valence-electron chi connectivity index (χ0n) is 6.79. The van der Waals surface area contributed by atoms with Gasteiger partial charge < -0.3 is 5.32 Å². The van der Waals surface area contributed by atoms with Crippen LogP contribution in [0.3, 0.4) is 0 Å². The van der Waals surface area contributed by atoms with Crippen LogP contribution in [0.1, 0.15) is 13.3 Å². The van der Waals surface area contributed by atoms with Crippen molar-refractivity contribution in [3.63, 3.8) is 0 Å². The van der Waals surface area contributed by atoms with E-state index in [2.05, 4.69) is 38.1 Å². The molecule has 12 heavy (non-hydrogen) atoms. The molecule has 0 bridgehead atoms. The highest BCUT2D eigenvalue weighted by molar-refractivity contribution is 9.10. The number of halogens is 1. The number of anilines is 1. The van der Waals surface area contributed by atoms with Gasteiger partial charge in [-0.2, -0.15) is 0 Å². The Morgan fingerprint density at radius 1 is 1.67 bits per heavy atom. The maximum absolute atomic E-state index is 4.12. The third kappa shape index (κ3) is 1.58. The predicted octanol–water partition coefficient (Wildman–Crippen LogP) is 2.06. The third-order valence-corrected chi connectivity index (χ3v) is 2.68. The Morgan fingerprint density at radius 2 is 2.42 bits per heavy atom. The highest BCUT2D eigenvalue weighted by Gasteiger charge is 2.32. The van der Waals surface area contributed by atoms with E-state index in [4.69, 9.17) is 0 Å². The molecule has 4 heteroatoms. The largest absolute Gasteiger partial charge is 0.366 e. The molecule has 1 aromatic rings. The van der Waals surface area contributed by atoms with Crippen molar-refractivity contribution in [3.05, 3.63) is 17.0 Å². The van der Waals surface area contributed by atoms with Gasteiger partial charge in [-0.15, -0.1) is 0 Å². The first-order chi connectivity index (χ1) is 5.77. The van der Waals surface area contributed by atoms with E-state index in [9.17, 15) is 0 Å². The van der Waals surface area contributed by atoms with Crippen molar-refractivity contribution < 1.29 is 0 Å². The fourth-order valence-corrected chi connectivity index (χ4v) is 1.45. The lowest BCUT2D eigenvalue weighted by Gasteiger charge is -2.04. The minimum atomic E-state index is 0.608. The van der Waals surface area contributed by atoms with Gasteiger partial charge in [-0.1, -0.05) is 6.92 Å². The monoisotopic (exact) mass is 227 g/mol. The van der Waals surface area contributed by atoms with Crippen LogP contribution in [0.2, 0.25) is 0 Å². The Balaban J connectivity index is 2.08. The third-order valence-electron chi connectivity index (χ3n) is 2.10. The minimum absolute atomic E-state index is 0.608. The minimum Gasteiger partial charge on any atom is -0.366 e. The summed E-state index contributed by atoms with van der Waals surface area (Å²) in [5.41, 5.74) is 0. The van der Waals surface area contributed by atoms with Gasteiger partial charge in [0.25, 0.3) is 0 Å². The van der Waals surface area contributed by atoms with E-state index in [1.807, 2.05) is 0 Å². The summed E-state index contributed by atoms with van der Waals surface area (Å²) in [5.74, 6) is 1.69. The van der Waals surface area contributed by atoms with Gasteiger partial charge in [-0.25, -0.2) is 9.97 Å². The van der Waals surface area contributed by atoms with Crippen molar-refractivity contribution >= 4 is 21.7 Å². The molecular weight excluding hydrogens is 218 g/mol. The molecule has 0 aromatic carbocycles. The van der Waals surface area contributed by atoms with Gasteiger partial charge in [0.05, 0.1) is 4.47 Å². The maximum Gasteiger partial charge on any atom is 0.143 e. The van der Waals surface area contributed by atoms with Crippen LogP contribution < -0.4 is 5.32 Å². The summed E-state index contributed by atoms with van der Waals surface area (Å²) in [4.78, 5) is 8.02. The van der Waals surface area contributed by atoms with Gasteiger partial charge in [-0.05, 0) is 28.3 Å². The average molecular weight is 228 g/mol. The highest BCUT2D eigenvalue weighted by atomic mass is 79.9. The van der Waals surface area contributed by atoms with E-state index < -0.39 is 0 Å². The van der Waals surface area contributed by atoms with Crippen LogP contribution in [0, 0.1) is 5.92 Å². The SMILES string of the molecule is CC1CC1Nc1ncncc1Br. The predicted molar refractivity (Wildman–Crippen MR) is 50.9 cm³/mol. The molecule has 1 aliphatic carbocycles. The molecule has 1 heterocycles. The molecule has 64 valence electrons. The molecule has 1 aromatic heterocycles. The van der Waals surface area contributed by atoms with Crippen molar-refractivity contribution in [2.75, 3.05) is 5.32 Å². The summed E-state index contributed by atoms with van der Waals surface area (Å²) in [5, 5.41) is 3.34. The molecule has 1 fully saturated rings. The molecule has 1 saturated carbocycles. The second-order valence-electron chi connectivity index (χ2n) is 3.18. The number of aromatic nitrogens is 2. The molecule has 1 N–H and O–H groups in total. The van der Waals surface area contributed by atoms with Crippen molar-refractivity contribution in [2.24, 2.45) is 5.92 Å². The summed E-state index contributed by atoms with van der Waals surface area (Å²) < 4.78 is 0.934. The lowest BCUT2D eigenvalue weighted by Crippen LogP contribution is -2.05. The summed E-state index contributed by atoms with van der Waals surface area (Å²) in [7, 11) is 0. The Morgan fingerprint density at radius 3 is 3.00 bits per heavy atom. The fourth-order valence-electron chi connectivity index (χ4n) is 1.12. The average Bonchev–Trinajstić information content (AvgIpc) is 2.72. The van der Waals surface area contributed by atoms with E-state index in [0.717, 1.165) is 16.2 Å². The van der Waals surface area contributed by atoms with E-state index in [-0.39, 0.29) is 0 Å². The number of rotatable bonds is 2. The van der Waals surface area contributed by atoms with E-state index in [0.29, 0.717) is 6.04 Å². The molecule has 1 aliphatic rings. The van der Waals surface area contributed by atoms with Crippen LogP contribution >= 0.6 is 15.9 Å². The molecule has 2 atom stereocenters. The quantitative estimate of drug-likeness (QED) is 0.841. The van der Waals surface area contributed by atoms with E-state index in [1.165, 1.54) is 6.42 Å². The van der Waals surface area contributed by atoms with Crippen LogP contribution in [0.5, 0.6) is 0 Å². The van der Waals surface area contributed by atoms with Crippen molar-refractivity contribution in [1.29, 1.82) is 0 Å². The molecule has 0 spiro atoms. The zero-order valence-corrected chi connectivity index (χ0v) is 8.37.